The Labute approximate surface area is 149 Å². The van der Waals surface area contributed by atoms with Gasteiger partial charge in [0.2, 0.25) is 5.91 Å². The SMILES string of the molecule is Cc1cc2c(s1)c1cnn(CC(=O)N3CCCC[C@H]3C)c(=O)c1n2C. The number of hydrogen-bond acceptors (Lipinski definition) is 4. The minimum absolute atomic E-state index is 0.0109. The minimum atomic E-state index is -0.195. The lowest BCUT2D eigenvalue weighted by Gasteiger charge is -2.33. The molecule has 1 aliphatic rings. The highest BCUT2D eigenvalue weighted by molar-refractivity contribution is 7.20. The van der Waals surface area contributed by atoms with E-state index in [1.54, 1.807) is 17.5 Å². The maximum absolute atomic E-state index is 12.9. The molecule has 7 heteroatoms. The zero-order chi connectivity index (χ0) is 17.7. The fourth-order valence-electron chi connectivity index (χ4n) is 3.83. The number of rotatable bonds is 2. The molecule has 1 fully saturated rings. The fourth-order valence-corrected chi connectivity index (χ4v) is 4.88. The number of nitrogens with zero attached hydrogens (tertiary/aromatic N) is 4. The van der Waals surface area contributed by atoms with Gasteiger partial charge in [-0.05, 0) is 39.2 Å². The molecule has 1 amide bonds. The molecule has 3 aromatic heterocycles. The first-order valence-corrected chi connectivity index (χ1v) is 9.53. The van der Waals surface area contributed by atoms with E-state index in [-0.39, 0.29) is 24.1 Å². The van der Waals surface area contributed by atoms with E-state index in [1.807, 2.05) is 16.5 Å². The lowest BCUT2D eigenvalue weighted by atomic mass is 10.0. The van der Waals surface area contributed by atoms with Gasteiger partial charge >= 0.3 is 0 Å². The molecule has 0 saturated carbocycles. The van der Waals surface area contributed by atoms with Gasteiger partial charge in [-0.3, -0.25) is 9.59 Å². The van der Waals surface area contributed by atoms with Crippen LogP contribution < -0.4 is 5.56 Å². The van der Waals surface area contributed by atoms with E-state index in [4.69, 9.17) is 0 Å². The maximum Gasteiger partial charge on any atom is 0.291 e. The van der Waals surface area contributed by atoms with Crippen molar-refractivity contribution in [3.8, 4) is 0 Å². The molecular formula is C18H22N4O2S. The molecule has 0 unspecified atom stereocenters. The quantitative estimate of drug-likeness (QED) is 0.708. The number of likely N-dealkylation sites (tertiary alicyclic amines) is 1. The fraction of sp³-hybridized carbons (Fsp3) is 0.500. The topological polar surface area (TPSA) is 60.1 Å². The van der Waals surface area contributed by atoms with E-state index >= 15 is 0 Å². The third-order valence-corrected chi connectivity index (χ3v) is 6.28. The van der Waals surface area contributed by atoms with Crippen LogP contribution in [0, 0.1) is 6.92 Å². The van der Waals surface area contributed by atoms with Crippen LogP contribution in [0.4, 0.5) is 0 Å². The van der Waals surface area contributed by atoms with Gasteiger partial charge in [0.15, 0.2) is 0 Å². The lowest BCUT2D eigenvalue weighted by molar-refractivity contribution is -0.135. The number of piperidine rings is 1. The van der Waals surface area contributed by atoms with Crippen molar-refractivity contribution in [1.29, 1.82) is 0 Å². The summed E-state index contributed by atoms with van der Waals surface area (Å²) in [6.07, 6.45) is 4.95. The van der Waals surface area contributed by atoms with Crippen molar-refractivity contribution in [2.24, 2.45) is 7.05 Å². The van der Waals surface area contributed by atoms with Crippen molar-refractivity contribution >= 4 is 38.4 Å². The van der Waals surface area contributed by atoms with Gasteiger partial charge in [0, 0.05) is 29.9 Å². The molecule has 1 atom stereocenters. The second-order valence-electron chi connectivity index (χ2n) is 6.93. The predicted molar refractivity (Wildman–Crippen MR) is 100 cm³/mol. The summed E-state index contributed by atoms with van der Waals surface area (Å²) in [5, 5.41) is 5.16. The molecule has 0 radical (unpaired) electrons. The molecule has 6 nitrogen and oxygen atoms in total. The average molecular weight is 358 g/mol. The first-order chi connectivity index (χ1) is 12.0. The molecule has 0 aliphatic carbocycles. The smallest absolute Gasteiger partial charge is 0.291 e. The van der Waals surface area contributed by atoms with Gasteiger partial charge in [-0.1, -0.05) is 0 Å². The zero-order valence-electron chi connectivity index (χ0n) is 14.8. The van der Waals surface area contributed by atoms with Crippen LogP contribution in [-0.2, 0) is 18.4 Å². The van der Waals surface area contributed by atoms with E-state index in [9.17, 15) is 9.59 Å². The summed E-state index contributed by atoms with van der Waals surface area (Å²) in [4.78, 5) is 28.6. The third kappa shape index (κ3) is 2.57. The van der Waals surface area contributed by atoms with Gasteiger partial charge in [0.1, 0.15) is 12.1 Å². The Kier molecular flexibility index (Phi) is 3.91. The van der Waals surface area contributed by atoms with Crippen LogP contribution in [0.15, 0.2) is 17.1 Å². The normalized spacial score (nSPS) is 18.4. The Morgan fingerprint density at radius 2 is 2.20 bits per heavy atom. The summed E-state index contributed by atoms with van der Waals surface area (Å²) in [6, 6.07) is 2.33. The Hall–Kier alpha value is -2.15. The summed E-state index contributed by atoms with van der Waals surface area (Å²) in [6.45, 7) is 4.92. The Morgan fingerprint density at radius 3 is 2.96 bits per heavy atom. The van der Waals surface area contributed by atoms with Crippen molar-refractivity contribution in [1.82, 2.24) is 19.2 Å². The highest BCUT2D eigenvalue weighted by atomic mass is 32.1. The first-order valence-electron chi connectivity index (χ1n) is 8.71. The molecule has 4 heterocycles. The summed E-state index contributed by atoms with van der Waals surface area (Å²) in [5.41, 5.74) is 1.47. The predicted octanol–water partition coefficient (Wildman–Crippen LogP) is 2.66. The van der Waals surface area contributed by atoms with E-state index in [1.165, 1.54) is 9.56 Å². The highest BCUT2D eigenvalue weighted by Crippen LogP contribution is 2.32. The second kappa shape index (κ2) is 5.98. The van der Waals surface area contributed by atoms with Crippen LogP contribution in [0.5, 0.6) is 0 Å². The number of aryl methyl sites for hydroxylation is 2. The number of thiophene rings is 1. The monoisotopic (exact) mass is 358 g/mol. The largest absolute Gasteiger partial charge is 0.338 e. The molecule has 0 N–H and O–H groups in total. The summed E-state index contributed by atoms with van der Waals surface area (Å²) >= 11 is 1.67. The van der Waals surface area contributed by atoms with Crippen LogP contribution in [0.3, 0.4) is 0 Å². The lowest BCUT2D eigenvalue weighted by Crippen LogP contribution is -2.45. The Bertz CT molecular complexity index is 1030. The number of aromatic nitrogens is 3. The molecule has 4 rings (SSSR count). The van der Waals surface area contributed by atoms with E-state index in [2.05, 4.69) is 25.0 Å². The molecule has 3 aromatic rings. The van der Waals surface area contributed by atoms with E-state index < -0.39 is 0 Å². The van der Waals surface area contributed by atoms with Gasteiger partial charge in [-0.25, -0.2) is 4.68 Å². The van der Waals surface area contributed by atoms with Crippen LogP contribution >= 0.6 is 11.3 Å². The molecule has 0 spiro atoms. The van der Waals surface area contributed by atoms with Crippen molar-refractivity contribution < 1.29 is 4.79 Å². The molecular weight excluding hydrogens is 336 g/mol. The minimum Gasteiger partial charge on any atom is -0.338 e. The second-order valence-corrected chi connectivity index (χ2v) is 8.19. The van der Waals surface area contributed by atoms with Gasteiger partial charge in [-0.2, -0.15) is 5.10 Å². The van der Waals surface area contributed by atoms with Crippen molar-refractivity contribution in [2.45, 2.75) is 45.7 Å². The van der Waals surface area contributed by atoms with Gasteiger partial charge in [0.25, 0.3) is 5.56 Å². The van der Waals surface area contributed by atoms with Crippen molar-refractivity contribution in [2.75, 3.05) is 6.54 Å². The Morgan fingerprint density at radius 1 is 1.40 bits per heavy atom. The van der Waals surface area contributed by atoms with Crippen LogP contribution in [0.25, 0.3) is 21.1 Å². The molecule has 1 saturated heterocycles. The average Bonchev–Trinajstić information content (AvgIpc) is 3.08. The molecule has 0 aromatic carbocycles. The summed E-state index contributed by atoms with van der Waals surface area (Å²) in [7, 11) is 1.90. The number of amides is 1. The maximum atomic E-state index is 12.9. The number of carbonyl (C=O) groups is 1. The number of hydrogen-bond donors (Lipinski definition) is 0. The number of carbonyl (C=O) groups excluding carboxylic acids is 1. The van der Waals surface area contributed by atoms with Gasteiger partial charge in [0.05, 0.1) is 16.4 Å². The van der Waals surface area contributed by atoms with E-state index in [0.717, 1.165) is 41.4 Å². The Balaban J connectivity index is 1.73. The molecule has 1 aliphatic heterocycles. The third-order valence-electron chi connectivity index (χ3n) is 5.20. The summed E-state index contributed by atoms with van der Waals surface area (Å²) in [5.74, 6) is -0.0204. The van der Waals surface area contributed by atoms with Crippen LogP contribution in [0.2, 0.25) is 0 Å². The zero-order valence-corrected chi connectivity index (χ0v) is 15.6. The van der Waals surface area contributed by atoms with Gasteiger partial charge in [-0.15, -0.1) is 11.3 Å². The van der Waals surface area contributed by atoms with Crippen LogP contribution in [0.1, 0.15) is 31.1 Å². The standard InChI is InChI=1S/C18H22N4O2S/c1-11-6-4-5-7-21(11)15(23)10-22-18(24)16-13(9-19-22)17-14(20(16)3)8-12(2)25-17/h8-9,11H,4-7,10H2,1-3H3/t11-/m1/s1. The summed E-state index contributed by atoms with van der Waals surface area (Å²) < 4.78 is 4.31. The molecule has 132 valence electrons. The van der Waals surface area contributed by atoms with Crippen LogP contribution in [-0.4, -0.2) is 37.7 Å². The van der Waals surface area contributed by atoms with Crippen molar-refractivity contribution in [3.63, 3.8) is 0 Å². The molecule has 25 heavy (non-hydrogen) atoms. The molecule has 0 bridgehead atoms. The first kappa shape index (κ1) is 16.3. The highest BCUT2D eigenvalue weighted by Gasteiger charge is 2.24. The van der Waals surface area contributed by atoms with Gasteiger partial charge < -0.3 is 9.47 Å². The van der Waals surface area contributed by atoms with Crippen molar-refractivity contribution in [3.05, 3.63) is 27.5 Å². The number of fused-ring (bicyclic) bond motifs is 3. The van der Waals surface area contributed by atoms with E-state index in [0.29, 0.717) is 5.52 Å².